The molecule has 0 spiro atoms. The zero-order valence-corrected chi connectivity index (χ0v) is 9.78. The third-order valence-electron chi connectivity index (χ3n) is 2.03. The summed E-state index contributed by atoms with van der Waals surface area (Å²) in [6.07, 6.45) is -0.722. The number of rotatable bonds is 3. The van der Waals surface area contributed by atoms with Crippen LogP contribution in [0.2, 0.25) is 0 Å². The van der Waals surface area contributed by atoms with Crippen molar-refractivity contribution in [3.8, 4) is 5.75 Å². The van der Waals surface area contributed by atoms with Gasteiger partial charge in [0.1, 0.15) is 5.75 Å². The maximum Gasteiger partial charge on any atom is 0.125 e. The summed E-state index contributed by atoms with van der Waals surface area (Å²) in [5.74, 6) is 0.643. The van der Waals surface area contributed by atoms with Crippen LogP contribution in [0.5, 0.6) is 5.75 Å². The molecule has 0 fully saturated rings. The largest absolute Gasteiger partial charge is 0.496 e. The first-order valence-corrected chi connectivity index (χ1v) is 5.13. The zero-order valence-electron chi connectivity index (χ0n) is 8.20. The smallest absolute Gasteiger partial charge is 0.125 e. The van der Waals surface area contributed by atoms with Crippen molar-refractivity contribution < 1.29 is 9.84 Å². The highest BCUT2D eigenvalue weighted by atomic mass is 79.9. The number of aliphatic hydroxyl groups is 1. The predicted octanol–water partition coefficient (Wildman–Crippen LogP) is 1.84. The van der Waals surface area contributed by atoms with Crippen LogP contribution < -0.4 is 10.5 Å². The highest BCUT2D eigenvalue weighted by Gasteiger charge is 2.19. The van der Waals surface area contributed by atoms with Gasteiger partial charge in [0.25, 0.3) is 0 Å². The average Bonchev–Trinajstić information content (AvgIpc) is 2.16. The number of aliphatic hydroxyl groups excluding tert-OH is 1. The zero-order chi connectivity index (χ0) is 10.7. The summed E-state index contributed by atoms with van der Waals surface area (Å²) >= 11 is 3.36. The Balaban J connectivity index is 3.16. The number of hydrogen-bond acceptors (Lipinski definition) is 3. The van der Waals surface area contributed by atoms with E-state index in [1.807, 2.05) is 12.1 Å². The third kappa shape index (κ3) is 2.26. The molecule has 1 rings (SSSR count). The van der Waals surface area contributed by atoms with E-state index in [0.29, 0.717) is 11.3 Å². The van der Waals surface area contributed by atoms with Crippen LogP contribution in [0.3, 0.4) is 0 Å². The van der Waals surface area contributed by atoms with Crippen LogP contribution in [-0.4, -0.2) is 18.3 Å². The molecule has 2 atom stereocenters. The first-order valence-electron chi connectivity index (χ1n) is 4.34. The van der Waals surface area contributed by atoms with Gasteiger partial charge in [-0.25, -0.2) is 0 Å². The minimum atomic E-state index is -0.722. The van der Waals surface area contributed by atoms with E-state index in [1.54, 1.807) is 20.1 Å². The average molecular weight is 260 g/mol. The number of ether oxygens (including phenoxy) is 1. The topological polar surface area (TPSA) is 55.5 Å². The first kappa shape index (κ1) is 11.5. The van der Waals surface area contributed by atoms with Crippen molar-refractivity contribution in [1.82, 2.24) is 0 Å². The van der Waals surface area contributed by atoms with E-state index in [1.165, 1.54) is 0 Å². The molecule has 0 aliphatic rings. The van der Waals surface area contributed by atoms with Gasteiger partial charge in [-0.3, -0.25) is 0 Å². The molecule has 2 unspecified atom stereocenters. The fourth-order valence-electron chi connectivity index (χ4n) is 1.25. The lowest BCUT2D eigenvalue weighted by Gasteiger charge is -2.19. The summed E-state index contributed by atoms with van der Waals surface area (Å²) in [5.41, 5.74) is 6.33. The Morgan fingerprint density at radius 2 is 2.14 bits per heavy atom. The van der Waals surface area contributed by atoms with Crippen molar-refractivity contribution in [1.29, 1.82) is 0 Å². The molecule has 0 heterocycles. The Kier molecular flexibility index (Phi) is 3.92. The number of hydrogen-bond donors (Lipinski definition) is 2. The van der Waals surface area contributed by atoms with Crippen LogP contribution in [0.15, 0.2) is 22.7 Å². The van der Waals surface area contributed by atoms with Gasteiger partial charge in [0.2, 0.25) is 0 Å². The maximum absolute atomic E-state index is 9.86. The van der Waals surface area contributed by atoms with E-state index in [0.717, 1.165) is 4.47 Å². The minimum absolute atomic E-state index is 0.331. The third-order valence-corrected chi connectivity index (χ3v) is 2.72. The van der Waals surface area contributed by atoms with E-state index in [4.69, 9.17) is 10.5 Å². The number of halogens is 1. The van der Waals surface area contributed by atoms with Crippen LogP contribution in [-0.2, 0) is 0 Å². The van der Waals surface area contributed by atoms with Gasteiger partial charge in [-0.15, -0.1) is 0 Å². The molecule has 1 aromatic carbocycles. The summed E-state index contributed by atoms with van der Waals surface area (Å²) in [6.45, 7) is 1.75. The summed E-state index contributed by atoms with van der Waals surface area (Å²) in [7, 11) is 1.57. The number of methoxy groups -OCH3 is 1. The summed E-state index contributed by atoms with van der Waals surface area (Å²) in [4.78, 5) is 0. The molecule has 14 heavy (non-hydrogen) atoms. The van der Waals surface area contributed by atoms with Gasteiger partial charge in [-0.2, -0.15) is 0 Å². The SMILES string of the molecule is COc1cccc(Br)c1C(O)C(C)N. The fourth-order valence-corrected chi connectivity index (χ4v) is 1.83. The minimum Gasteiger partial charge on any atom is -0.496 e. The van der Waals surface area contributed by atoms with Crippen LogP contribution in [0.25, 0.3) is 0 Å². The molecule has 0 aliphatic heterocycles. The highest BCUT2D eigenvalue weighted by Crippen LogP contribution is 2.33. The van der Waals surface area contributed by atoms with Crippen LogP contribution in [0.4, 0.5) is 0 Å². The first-order chi connectivity index (χ1) is 6.57. The van der Waals surface area contributed by atoms with Gasteiger partial charge >= 0.3 is 0 Å². The Hall–Kier alpha value is -0.580. The summed E-state index contributed by atoms with van der Waals surface area (Å²) < 4.78 is 5.96. The lowest BCUT2D eigenvalue weighted by Crippen LogP contribution is -2.25. The second-order valence-electron chi connectivity index (χ2n) is 3.16. The van der Waals surface area contributed by atoms with Gasteiger partial charge in [0.15, 0.2) is 0 Å². The lowest BCUT2D eigenvalue weighted by atomic mass is 10.0. The summed E-state index contributed by atoms with van der Waals surface area (Å²) in [6, 6.07) is 5.16. The molecule has 3 nitrogen and oxygen atoms in total. The van der Waals surface area contributed by atoms with E-state index >= 15 is 0 Å². The van der Waals surface area contributed by atoms with Crippen molar-refractivity contribution in [3.05, 3.63) is 28.2 Å². The fraction of sp³-hybridized carbons (Fsp3) is 0.400. The standard InChI is InChI=1S/C10H14BrNO2/c1-6(12)10(13)9-7(11)4-3-5-8(9)14-2/h3-6,10,13H,12H2,1-2H3. The van der Waals surface area contributed by atoms with Crippen molar-refractivity contribution in [2.45, 2.75) is 19.1 Å². The highest BCUT2D eigenvalue weighted by molar-refractivity contribution is 9.10. The number of benzene rings is 1. The monoisotopic (exact) mass is 259 g/mol. The molecule has 0 amide bonds. The van der Waals surface area contributed by atoms with Crippen molar-refractivity contribution in [3.63, 3.8) is 0 Å². The van der Waals surface area contributed by atoms with E-state index in [2.05, 4.69) is 15.9 Å². The van der Waals surface area contributed by atoms with Crippen molar-refractivity contribution in [2.75, 3.05) is 7.11 Å². The molecule has 3 N–H and O–H groups in total. The van der Waals surface area contributed by atoms with Gasteiger partial charge in [0.05, 0.1) is 13.2 Å². The van der Waals surface area contributed by atoms with Crippen LogP contribution >= 0.6 is 15.9 Å². The predicted molar refractivity (Wildman–Crippen MR) is 59.3 cm³/mol. The maximum atomic E-state index is 9.86. The van der Waals surface area contributed by atoms with Crippen LogP contribution in [0.1, 0.15) is 18.6 Å². The van der Waals surface area contributed by atoms with Crippen molar-refractivity contribution in [2.24, 2.45) is 5.73 Å². The van der Waals surface area contributed by atoms with E-state index in [-0.39, 0.29) is 6.04 Å². The Morgan fingerprint density at radius 1 is 1.50 bits per heavy atom. The molecule has 78 valence electrons. The van der Waals surface area contributed by atoms with Gasteiger partial charge in [-0.1, -0.05) is 22.0 Å². The molecule has 0 saturated carbocycles. The molecule has 0 bridgehead atoms. The molecule has 0 aromatic heterocycles. The molecule has 0 saturated heterocycles. The summed E-state index contributed by atoms with van der Waals surface area (Å²) in [5, 5.41) is 9.86. The van der Waals surface area contributed by atoms with Crippen LogP contribution in [0, 0.1) is 0 Å². The van der Waals surface area contributed by atoms with Gasteiger partial charge in [0, 0.05) is 16.1 Å². The van der Waals surface area contributed by atoms with Crippen molar-refractivity contribution >= 4 is 15.9 Å². The van der Waals surface area contributed by atoms with E-state index < -0.39 is 6.10 Å². The normalized spacial score (nSPS) is 14.9. The Bertz CT molecular complexity index is 315. The van der Waals surface area contributed by atoms with Gasteiger partial charge in [-0.05, 0) is 19.1 Å². The Morgan fingerprint density at radius 3 is 2.64 bits per heavy atom. The molecule has 4 heteroatoms. The second-order valence-corrected chi connectivity index (χ2v) is 4.01. The lowest BCUT2D eigenvalue weighted by molar-refractivity contribution is 0.149. The molecular weight excluding hydrogens is 246 g/mol. The quantitative estimate of drug-likeness (QED) is 0.871. The molecule has 1 aromatic rings. The molecular formula is C10H14BrNO2. The molecule has 0 aliphatic carbocycles. The second kappa shape index (κ2) is 4.77. The van der Waals surface area contributed by atoms with E-state index in [9.17, 15) is 5.11 Å². The molecule has 0 radical (unpaired) electrons. The number of nitrogens with two attached hydrogens (primary N) is 1. The van der Waals surface area contributed by atoms with Gasteiger partial charge < -0.3 is 15.6 Å². The Labute approximate surface area is 92.0 Å².